The first kappa shape index (κ1) is 8.06. The highest BCUT2D eigenvalue weighted by Crippen LogP contribution is 2.22. The van der Waals surface area contributed by atoms with Crippen molar-refractivity contribution in [3.05, 3.63) is 17.1 Å². The van der Waals surface area contributed by atoms with Crippen molar-refractivity contribution in [2.75, 3.05) is 7.05 Å². The summed E-state index contributed by atoms with van der Waals surface area (Å²) in [4.78, 5) is 12.6. The van der Waals surface area contributed by atoms with Gasteiger partial charge in [0, 0.05) is 12.4 Å². The Kier molecular flexibility index (Phi) is 1.70. The molecule has 0 radical (unpaired) electrons. The number of amides is 1. The topological polar surface area (TPSA) is 67.2 Å². The molecule has 6 heteroatoms. The molecule has 0 saturated carbocycles. The summed E-state index contributed by atoms with van der Waals surface area (Å²) in [6, 6.07) is 1.75. The molecule has 0 unspecified atom stereocenters. The molecule has 2 heterocycles. The summed E-state index contributed by atoms with van der Waals surface area (Å²) in [6.07, 6.45) is 0. The maximum absolute atomic E-state index is 11.2. The summed E-state index contributed by atoms with van der Waals surface area (Å²) < 4.78 is 0. The monoisotopic (exact) mass is 197 g/mol. The van der Waals surface area contributed by atoms with Crippen molar-refractivity contribution in [2.24, 2.45) is 0 Å². The smallest absolute Gasteiger partial charge is 0.272 e. The van der Waals surface area contributed by atoms with Gasteiger partial charge in [-0.1, -0.05) is 4.85 Å². The Labute approximate surface area is 77.6 Å². The van der Waals surface area contributed by atoms with Gasteiger partial charge in [-0.2, -0.15) is 0 Å². The van der Waals surface area contributed by atoms with Crippen molar-refractivity contribution in [1.82, 2.24) is 15.3 Å². The van der Waals surface area contributed by atoms with Crippen LogP contribution in [0.1, 0.15) is 10.5 Å². The zero-order chi connectivity index (χ0) is 9.42. The van der Waals surface area contributed by atoms with Gasteiger partial charge in [-0.05, 0) is 11.4 Å². The van der Waals surface area contributed by atoms with Gasteiger partial charge in [-0.3, -0.25) is 4.79 Å². The number of fused-ring (bicyclic) bond motifs is 1. The number of hydrogen-bond donors (Lipinski definition) is 2. The van der Waals surface area contributed by atoms with E-state index in [2.05, 4.69) is 10.4 Å². The van der Waals surface area contributed by atoms with Crippen LogP contribution in [-0.2, 0) is 0 Å². The van der Waals surface area contributed by atoms with Crippen LogP contribution in [0.15, 0.2) is 11.4 Å². The Bertz CT molecular complexity index is 459. The molecule has 2 aromatic heterocycles. The van der Waals surface area contributed by atoms with E-state index in [0.29, 0.717) is 10.2 Å². The van der Waals surface area contributed by atoms with E-state index in [1.807, 2.05) is 0 Å². The van der Waals surface area contributed by atoms with Gasteiger partial charge in [-0.15, -0.1) is 16.4 Å². The van der Waals surface area contributed by atoms with Crippen molar-refractivity contribution in [1.29, 1.82) is 0 Å². The van der Waals surface area contributed by atoms with E-state index >= 15 is 0 Å². The largest absolute Gasteiger partial charge is 0.411 e. The Morgan fingerprint density at radius 2 is 2.54 bits per heavy atom. The zero-order valence-corrected chi connectivity index (χ0v) is 7.63. The summed E-state index contributed by atoms with van der Waals surface area (Å²) in [6.45, 7) is 0. The van der Waals surface area contributed by atoms with Crippen LogP contribution in [0.5, 0.6) is 0 Å². The lowest BCUT2D eigenvalue weighted by molar-refractivity contribution is 0.0948. The Balaban J connectivity index is 2.68. The summed E-state index contributed by atoms with van der Waals surface area (Å²) in [5, 5.41) is 17.9. The molecule has 0 saturated heterocycles. The molecule has 5 nitrogen and oxygen atoms in total. The molecular weight excluding hydrogens is 190 g/mol. The minimum Gasteiger partial charge on any atom is -0.411 e. The van der Waals surface area contributed by atoms with E-state index in [-0.39, 0.29) is 11.6 Å². The van der Waals surface area contributed by atoms with E-state index in [1.54, 1.807) is 11.4 Å². The van der Waals surface area contributed by atoms with Gasteiger partial charge in [0.05, 0.1) is 0 Å². The lowest BCUT2D eigenvalue weighted by Gasteiger charge is -1.91. The highest BCUT2D eigenvalue weighted by atomic mass is 32.1. The van der Waals surface area contributed by atoms with Crippen LogP contribution < -0.4 is 5.32 Å². The normalized spacial score (nSPS) is 10.5. The molecule has 2 N–H and O–H groups in total. The van der Waals surface area contributed by atoms with E-state index < -0.39 is 0 Å². The Morgan fingerprint density at radius 1 is 1.77 bits per heavy atom. The van der Waals surface area contributed by atoms with E-state index in [9.17, 15) is 10.0 Å². The third-order valence-electron chi connectivity index (χ3n) is 1.72. The fraction of sp³-hybridized carbons (Fsp3) is 0.143. The van der Waals surface area contributed by atoms with Gasteiger partial charge in [0.15, 0.2) is 10.5 Å². The van der Waals surface area contributed by atoms with Gasteiger partial charge in [0.2, 0.25) is 0 Å². The number of thiophene rings is 1. The minimum absolute atomic E-state index is 0.251. The summed E-state index contributed by atoms with van der Waals surface area (Å²) in [5.74, 6) is -0.295. The molecular formula is C7H7N3O2S. The molecule has 0 atom stereocenters. The van der Waals surface area contributed by atoms with Crippen molar-refractivity contribution in [3.63, 3.8) is 0 Å². The van der Waals surface area contributed by atoms with Gasteiger partial charge >= 0.3 is 0 Å². The molecule has 0 spiro atoms. The molecule has 0 aliphatic heterocycles. The van der Waals surface area contributed by atoms with Gasteiger partial charge < -0.3 is 10.5 Å². The second kappa shape index (κ2) is 2.74. The maximum Gasteiger partial charge on any atom is 0.272 e. The van der Waals surface area contributed by atoms with Crippen LogP contribution in [0.2, 0.25) is 0 Å². The van der Waals surface area contributed by atoms with Crippen LogP contribution in [0, 0.1) is 0 Å². The number of nitrogens with zero attached hydrogens (tertiary/aromatic N) is 2. The second-order valence-electron chi connectivity index (χ2n) is 2.46. The van der Waals surface area contributed by atoms with E-state index in [0.717, 1.165) is 4.85 Å². The highest BCUT2D eigenvalue weighted by Gasteiger charge is 2.16. The zero-order valence-electron chi connectivity index (χ0n) is 6.81. The first-order chi connectivity index (χ1) is 6.24. The first-order valence-corrected chi connectivity index (χ1v) is 4.49. The Hall–Kier alpha value is -1.56. The highest BCUT2D eigenvalue weighted by molar-refractivity contribution is 7.16. The fourth-order valence-electron chi connectivity index (χ4n) is 1.12. The number of rotatable bonds is 1. The molecule has 1 amide bonds. The number of nitrogens with one attached hydrogen (secondary N) is 1. The lowest BCUT2D eigenvalue weighted by Crippen LogP contribution is -2.18. The predicted octanol–water partition coefficient (Wildman–Crippen LogP) is 0.695. The quantitative estimate of drug-likeness (QED) is 0.661. The standard InChI is InChI=1S/C7H7N3O2S/c1-8-6(11)5-4-2-3-13-7(4)10(12)9-5/h2-3,12H,1H3,(H,8,11). The van der Waals surface area contributed by atoms with Crippen molar-refractivity contribution in [3.8, 4) is 0 Å². The van der Waals surface area contributed by atoms with Crippen LogP contribution in [-0.4, -0.2) is 28.1 Å². The first-order valence-electron chi connectivity index (χ1n) is 3.61. The number of carbonyl (C=O) groups excluding carboxylic acids is 1. The van der Waals surface area contributed by atoms with Crippen LogP contribution in [0.3, 0.4) is 0 Å². The summed E-state index contributed by atoms with van der Waals surface area (Å²) >= 11 is 1.33. The van der Waals surface area contributed by atoms with E-state index in [1.165, 1.54) is 18.4 Å². The number of aromatic nitrogens is 2. The number of carbonyl (C=O) groups is 1. The molecule has 2 rings (SSSR count). The SMILES string of the molecule is CNC(=O)c1nn(O)c2sccc12. The third kappa shape index (κ3) is 1.06. The van der Waals surface area contributed by atoms with Crippen molar-refractivity contribution in [2.45, 2.75) is 0 Å². The number of hydrogen-bond acceptors (Lipinski definition) is 4. The molecule has 2 aromatic rings. The maximum atomic E-state index is 11.2. The minimum atomic E-state index is -0.295. The summed E-state index contributed by atoms with van der Waals surface area (Å²) in [5.41, 5.74) is 0.251. The lowest BCUT2D eigenvalue weighted by atomic mass is 10.3. The fourth-order valence-corrected chi connectivity index (χ4v) is 1.88. The second-order valence-corrected chi connectivity index (χ2v) is 3.35. The molecule has 68 valence electrons. The van der Waals surface area contributed by atoms with E-state index in [4.69, 9.17) is 0 Å². The molecule has 0 fully saturated rings. The third-order valence-corrected chi connectivity index (χ3v) is 2.60. The molecule has 0 bridgehead atoms. The average Bonchev–Trinajstić information content (AvgIpc) is 2.68. The van der Waals surface area contributed by atoms with Gasteiger partial charge in [0.25, 0.3) is 5.91 Å². The Morgan fingerprint density at radius 3 is 3.23 bits per heavy atom. The average molecular weight is 197 g/mol. The predicted molar refractivity (Wildman–Crippen MR) is 48.2 cm³/mol. The molecule has 13 heavy (non-hydrogen) atoms. The van der Waals surface area contributed by atoms with Gasteiger partial charge in [0.1, 0.15) is 0 Å². The summed E-state index contributed by atoms with van der Waals surface area (Å²) in [7, 11) is 1.52. The van der Waals surface area contributed by atoms with Crippen molar-refractivity contribution < 1.29 is 10.0 Å². The van der Waals surface area contributed by atoms with Crippen LogP contribution in [0.4, 0.5) is 0 Å². The molecule has 0 aromatic carbocycles. The molecule has 0 aliphatic carbocycles. The van der Waals surface area contributed by atoms with Crippen LogP contribution >= 0.6 is 11.3 Å². The van der Waals surface area contributed by atoms with Crippen molar-refractivity contribution >= 4 is 27.5 Å². The van der Waals surface area contributed by atoms with Gasteiger partial charge in [-0.25, -0.2) is 0 Å². The molecule has 0 aliphatic rings. The van der Waals surface area contributed by atoms with Crippen LogP contribution in [0.25, 0.3) is 10.2 Å².